The second kappa shape index (κ2) is 24.6. The van der Waals surface area contributed by atoms with Gasteiger partial charge in [-0.15, -0.1) is 19.7 Å². The molecule has 31 heavy (non-hydrogen) atoms. The zero-order valence-electron chi connectivity index (χ0n) is 19.0. The van der Waals surface area contributed by atoms with Crippen molar-refractivity contribution < 1.29 is 29.3 Å². The van der Waals surface area contributed by atoms with Crippen LogP contribution in [0.5, 0.6) is 0 Å². The zero-order valence-corrected chi connectivity index (χ0v) is 21.0. The summed E-state index contributed by atoms with van der Waals surface area (Å²) in [5, 5.41) is 16.9. The van der Waals surface area contributed by atoms with Crippen molar-refractivity contribution in [1.29, 1.82) is 0 Å². The number of carboxylic acids is 2. The van der Waals surface area contributed by atoms with Crippen molar-refractivity contribution in [3.63, 3.8) is 0 Å². The van der Waals surface area contributed by atoms with Crippen molar-refractivity contribution >= 4 is 44.9 Å². The number of allylic oxidation sites excluding steroid dienone is 3. The van der Waals surface area contributed by atoms with Crippen molar-refractivity contribution in [3.05, 3.63) is 38.0 Å². The normalized spacial score (nSPS) is 15.5. The Morgan fingerprint density at radius 2 is 1.55 bits per heavy atom. The number of esters is 1. The predicted molar refractivity (Wildman–Crippen MR) is 136 cm³/mol. The van der Waals surface area contributed by atoms with Gasteiger partial charge in [-0.3, -0.25) is 14.4 Å². The summed E-state index contributed by atoms with van der Waals surface area (Å²) in [6, 6.07) is 0. The van der Waals surface area contributed by atoms with Gasteiger partial charge < -0.3 is 14.9 Å². The molecule has 0 aromatic heterocycles. The number of hydrogen-bond acceptors (Lipinski definition) is 4. The quantitative estimate of drug-likeness (QED) is 0.285. The molecule has 1 rings (SSSR count). The van der Waals surface area contributed by atoms with E-state index < -0.39 is 11.9 Å². The van der Waals surface area contributed by atoms with Gasteiger partial charge in [-0.25, -0.2) is 0 Å². The van der Waals surface area contributed by atoms with Crippen molar-refractivity contribution in [2.24, 2.45) is 17.8 Å². The van der Waals surface area contributed by atoms with Crippen LogP contribution < -0.4 is 0 Å². The third-order valence-electron chi connectivity index (χ3n) is 4.55. The monoisotopic (exact) mass is 478 g/mol. The van der Waals surface area contributed by atoms with Gasteiger partial charge in [0.05, 0.1) is 24.4 Å². The Hall–Kier alpha value is -1.67. The number of rotatable bonds is 12. The molecule has 182 valence electrons. The van der Waals surface area contributed by atoms with Crippen molar-refractivity contribution in [2.45, 2.75) is 65.2 Å². The molecule has 6 nitrogen and oxygen atoms in total. The maximum atomic E-state index is 10.8. The molecular weight excluding hydrogens is 436 g/mol. The Bertz CT molecular complexity index is 512. The largest absolute Gasteiger partial charge is 0.481 e. The third-order valence-corrected chi connectivity index (χ3v) is 4.55. The second-order valence-electron chi connectivity index (χ2n) is 6.93. The molecule has 0 saturated carbocycles. The van der Waals surface area contributed by atoms with E-state index in [1.807, 2.05) is 13.0 Å². The van der Waals surface area contributed by atoms with E-state index in [4.69, 9.17) is 14.9 Å². The van der Waals surface area contributed by atoms with Gasteiger partial charge in [-0.05, 0) is 51.4 Å². The minimum atomic E-state index is -0.725. The Kier molecular flexibility index (Phi) is 29.1. The molecule has 0 radical (unpaired) electrons. The van der Waals surface area contributed by atoms with Gasteiger partial charge in [0, 0.05) is 0 Å². The lowest BCUT2D eigenvalue weighted by Crippen LogP contribution is -2.11. The molecule has 0 aromatic rings. The first-order chi connectivity index (χ1) is 13.7. The average molecular weight is 479 g/mol. The average Bonchev–Trinajstić information content (AvgIpc) is 3.10. The van der Waals surface area contributed by atoms with Crippen LogP contribution >= 0.6 is 27.0 Å². The van der Waals surface area contributed by atoms with Crippen LogP contribution in [0.1, 0.15) is 65.2 Å². The molecule has 1 heterocycles. The van der Waals surface area contributed by atoms with Crippen LogP contribution in [0.25, 0.3) is 0 Å². The molecule has 0 spiro atoms. The Morgan fingerprint density at radius 3 is 1.90 bits per heavy atom. The predicted octanol–water partition coefficient (Wildman–Crippen LogP) is 5.48. The van der Waals surface area contributed by atoms with E-state index in [9.17, 15) is 14.4 Å². The number of aliphatic carboxylic acids is 2. The molecule has 0 amide bonds. The number of carbonyl (C=O) groups is 3. The van der Waals surface area contributed by atoms with Crippen LogP contribution in [0, 0.1) is 17.8 Å². The molecule has 1 fully saturated rings. The number of ether oxygens (including phenoxy) is 1. The van der Waals surface area contributed by atoms with Crippen LogP contribution in [-0.4, -0.2) is 34.7 Å². The van der Waals surface area contributed by atoms with Gasteiger partial charge in [0.2, 0.25) is 0 Å². The van der Waals surface area contributed by atoms with E-state index in [0.717, 1.165) is 38.5 Å². The molecule has 1 aliphatic heterocycles. The smallest absolute Gasteiger partial charge is 0.309 e. The molecule has 1 aliphatic rings. The standard InChI is InChI=1S/C8H12O2.C8H14O2.C7H12O2.2H2S/c1-2-3-4-7-5-6-10-8(7)9;1-3-5-6-7(4-2)8(9)10;1-3-4-5-6(2)7(8)9;;/h2,7H,1,3-6H2;3,7H,1,4-6H2,2H3,(H,9,10);3,6H,1,4-5H2,2H3,(H,8,9);2*1H2/t2*7-;6-;;/m100../s1. The van der Waals surface area contributed by atoms with E-state index in [2.05, 4.69) is 19.7 Å². The summed E-state index contributed by atoms with van der Waals surface area (Å²) in [7, 11) is 0. The van der Waals surface area contributed by atoms with Crippen molar-refractivity contribution in [3.8, 4) is 0 Å². The van der Waals surface area contributed by atoms with Gasteiger partial charge in [0.1, 0.15) is 0 Å². The Morgan fingerprint density at radius 1 is 1.03 bits per heavy atom. The lowest BCUT2D eigenvalue weighted by molar-refractivity contribution is -0.142. The van der Waals surface area contributed by atoms with Crippen LogP contribution in [0.15, 0.2) is 38.0 Å². The lowest BCUT2D eigenvalue weighted by Gasteiger charge is -2.05. The first-order valence-electron chi connectivity index (χ1n) is 10.2. The third kappa shape index (κ3) is 21.4. The zero-order chi connectivity index (χ0) is 22.7. The molecule has 0 bridgehead atoms. The van der Waals surface area contributed by atoms with Gasteiger partial charge in [-0.2, -0.15) is 27.0 Å². The van der Waals surface area contributed by atoms with Gasteiger partial charge >= 0.3 is 17.9 Å². The summed E-state index contributed by atoms with van der Waals surface area (Å²) < 4.78 is 4.79. The van der Waals surface area contributed by atoms with E-state index in [-0.39, 0.29) is 50.7 Å². The molecule has 8 heteroatoms. The highest BCUT2D eigenvalue weighted by molar-refractivity contribution is 7.59. The number of cyclic esters (lactones) is 1. The summed E-state index contributed by atoms with van der Waals surface area (Å²) in [4.78, 5) is 31.4. The molecule has 0 unspecified atom stereocenters. The second-order valence-corrected chi connectivity index (χ2v) is 6.93. The molecule has 0 aromatic carbocycles. The molecule has 3 atom stereocenters. The van der Waals surface area contributed by atoms with E-state index >= 15 is 0 Å². The van der Waals surface area contributed by atoms with Crippen LogP contribution in [-0.2, 0) is 19.1 Å². The first-order valence-corrected chi connectivity index (χ1v) is 10.2. The molecule has 0 aliphatic carbocycles. The number of hydrogen-bond donors (Lipinski definition) is 2. The SMILES string of the molecule is C=CCC[C@@H]1CCOC1=O.C=CCC[C@H](C)C(=O)O.C=CCC[C@H](CC)C(=O)O.S.S. The Labute approximate surface area is 201 Å². The summed E-state index contributed by atoms with van der Waals surface area (Å²) >= 11 is 0. The molecule has 2 N–H and O–H groups in total. The molecule has 1 saturated heterocycles. The fourth-order valence-electron chi connectivity index (χ4n) is 2.43. The summed E-state index contributed by atoms with van der Waals surface area (Å²) in [5.74, 6) is -1.71. The first kappa shape index (κ1) is 36.7. The molecular formula is C23H42O6S2. The minimum Gasteiger partial charge on any atom is -0.481 e. The highest BCUT2D eigenvalue weighted by Gasteiger charge is 2.24. The van der Waals surface area contributed by atoms with Crippen molar-refractivity contribution in [1.82, 2.24) is 0 Å². The van der Waals surface area contributed by atoms with Gasteiger partial charge in [-0.1, -0.05) is 32.1 Å². The van der Waals surface area contributed by atoms with E-state index in [1.54, 1.807) is 19.1 Å². The highest BCUT2D eigenvalue weighted by Crippen LogP contribution is 2.19. The highest BCUT2D eigenvalue weighted by atomic mass is 32.1. The maximum Gasteiger partial charge on any atom is 0.309 e. The summed E-state index contributed by atoms with van der Waals surface area (Å²) in [6.45, 7) is 14.8. The lowest BCUT2D eigenvalue weighted by atomic mass is 10.0. The van der Waals surface area contributed by atoms with Gasteiger partial charge in [0.25, 0.3) is 0 Å². The van der Waals surface area contributed by atoms with E-state index in [0.29, 0.717) is 19.4 Å². The fraction of sp³-hybridized carbons (Fsp3) is 0.609. The summed E-state index contributed by atoms with van der Waals surface area (Å²) in [6.07, 6.45) is 11.8. The van der Waals surface area contributed by atoms with Crippen LogP contribution in [0.2, 0.25) is 0 Å². The fourth-order valence-corrected chi connectivity index (χ4v) is 2.43. The van der Waals surface area contributed by atoms with Gasteiger partial charge in [0.15, 0.2) is 0 Å². The topological polar surface area (TPSA) is 101 Å². The minimum absolute atomic E-state index is 0. The summed E-state index contributed by atoms with van der Waals surface area (Å²) in [5.41, 5.74) is 0. The van der Waals surface area contributed by atoms with E-state index in [1.165, 1.54) is 0 Å². The Balaban J connectivity index is -0.000000171. The van der Waals surface area contributed by atoms with Crippen LogP contribution in [0.3, 0.4) is 0 Å². The van der Waals surface area contributed by atoms with Crippen LogP contribution in [0.4, 0.5) is 0 Å². The number of carbonyl (C=O) groups excluding carboxylic acids is 1. The maximum absolute atomic E-state index is 10.8. The van der Waals surface area contributed by atoms with Crippen molar-refractivity contribution in [2.75, 3.05) is 6.61 Å². The number of carboxylic acid groups (broad SMARTS) is 2.